The normalized spacial score (nSPS) is 9.85. The molecule has 0 spiro atoms. The van der Waals surface area contributed by atoms with E-state index in [1.165, 1.54) is 18.4 Å². The molecule has 1 aromatic rings. The van der Waals surface area contributed by atoms with Gasteiger partial charge in [-0.15, -0.1) is 0 Å². The Hall–Kier alpha value is -1.48. The van der Waals surface area contributed by atoms with Crippen LogP contribution in [-0.4, -0.2) is 0 Å². The Labute approximate surface area is 170 Å². The number of hydrogen-bond donors (Lipinski definition) is 0. The van der Waals surface area contributed by atoms with Gasteiger partial charge in [-0.2, -0.15) is 0 Å². The molecule has 0 radical (unpaired) electrons. The van der Waals surface area contributed by atoms with E-state index in [9.17, 15) is 0 Å². The number of rotatable bonds is 4. The third kappa shape index (κ3) is 16.0. The smallest absolute Gasteiger partial charge is 0 e. The van der Waals surface area contributed by atoms with Gasteiger partial charge in [0.2, 0.25) is 0 Å². The summed E-state index contributed by atoms with van der Waals surface area (Å²) in [4.78, 5) is 0. The van der Waals surface area contributed by atoms with Crippen LogP contribution in [0.1, 0.15) is 32.3 Å². The summed E-state index contributed by atoms with van der Waals surface area (Å²) in [6.45, 7) is 27.0. The summed E-state index contributed by atoms with van der Waals surface area (Å²) < 4.78 is 37.5. The van der Waals surface area contributed by atoms with Gasteiger partial charge < -0.3 is 0 Å². The van der Waals surface area contributed by atoms with Gasteiger partial charge in [-0.1, -0.05) is 56.1 Å². The van der Waals surface area contributed by atoms with Crippen LogP contribution in [0, 0.1) is 33.3 Å². The molecule has 0 saturated heterocycles. The van der Waals surface area contributed by atoms with Crippen LogP contribution in [0.25, 0.3) is 6.08 Å². The Balaban J connectivity index is -0.000000116. The topological polar surface area (TPSA) is 99.5 Å². The van der Waals surface area contributed by atoms with E-state index in [4.69, 9.17) is 23.3 Å². The van der Waals surface area contributed by atoms with Gasteiger partial charge in [0.25, 0.3) is 0 Å². The zero-order valence-corrected chi connectivity index (χ0v) is 18.2. The van der Waals surface area contributed by atoms with Gasteiger partial charge >= 0.3 is 56.5 Å². The van der Waals surface area contributed by atoms with Crippen molar-refractivity contribution in [3.05, 3.63) is 85.6 Å². The predicted molar refractivity (Wildman–Crippen MR) is 89.7 cm³/mol. The number of hydrogen-bond acceptors (Lipinski definition) is 0. The molecule has 0 fully saturated rings. The Morgan fingerprint density at radius 3 is 1.38 bits per heavy atom. The molecule has 26 heavy (non-hydrogen) atoms. The van der Waals surface area contributed by atoms with Crippen LogP contribution >= 0.6 is 7.92 Å². The largest absolute Gasteiger partial charge is 0 e. The molecule has 134 valence electrons. The van der Waals surface area contributed by atoms with E-state index < -0.39 is 0 Å². The molecule has 1 aromatic carbocycles. The predicted octanol–water partition coefficient (Wildman–Crippen LogP) is 4.99. The van der Waals surface area contributed by atoms with Crippen LogP contribution in [0.2, 0.25) is 0 Å². The quantitative estimate of drug-likeness (QED) is 0.292. The third-order valence-corrected chi connectivity index (χ3v) is 5.31. The van der Waals surface area contributed by atoms with Crippen molar-refractivity contribution in [3.8, 4) is 0 Å². The van der Waals surface area contributed by atoms with Crippen molar-refractivity contribution in [3.63, 3.8) is 0 Å². The molecule has 1 aliphatic heterocycles. The van der Waals surface area contributed by atoms with Crippen LogP contribution in [0.3, 0.4) is 0 Å². The zero-order chi connectivity index (χ0) is 20.7. The van der Waals surface area contributed by atoms with E-state index in [-0.39, 0.29) is 29.0 Å². The van der Waals surface area contributed by atoms with Crippen molar-refractivity contribution >= 4 is 14.0 Å². The number of allylic oxidation sites excluding steroid dienone is 2. The van der Waals surface area contributed by atoms with Crippen LogP contribution in [0.15, 0.2) is 46.8 Å². The van der Waals surface area contributed by atoms with Crippen molar-refractivity contribution in [2.75, 3.05) is 0 Å². The summed E-state index contributed by atoms with van der Waals surface area (Å²) in [7, 11) is 0.0516. The van der Waals surface area contributed by atoms with E-state index >= 15 is 0 Å². The molecule has 0 bridgehead atoms. The summed E-state index contributed by atoms with van der Waals surface area (Å²) >= 11 is 0. The molecule has 0 N–H and O–H groups in total. The monoisotopic (exact) mass is 540 g/mol. The first-order chi connectivity index (χ1) is 12.4. The van der Waals surface area contributed by atoms with Crippen LogP contribution in [0.5, 0.6) is 0 Å². The van der Waals surface area contributed by atoms with E-state index in [1.54, 1.807) is 10.6 Å². The molecule has 5 nitrogen and oxygen atoms in total. The zero-order valence-electron chi connectivity index (χ0n) is 14.4. The van der Waals surface area contributed by atoms with Gasteiger partial charge in [-0.25, -0.2) is 0 Å². The van der Waals surface area contributed by atoms with E-state index in [0.717, 1.165) is 0 Å². The molecule has 0 amide bonds. The van der Waals surface area contributed by atoms with Gasteiger partial charge in [0.05, 0.1) is 0 Å². The molecule has 0 aliphatic carbocycles. The fourth-order valence-electron chi connectivity index (χ4n) is 1.91. The molecule has 0 unspecified atom stereocenters. The minimum Gasteiger partial charge on any atom is 0 e. The Bertz CT molecular complexity index is 549. The molecule has 0 atom stereocenters. The fraction of sp³-hybridized carbons (Fsp3) is 0.211. The first kappa shape index (κ1) is 35.6. The van der Waals surface area contributed by atoms with Crippen LogP contribution in [0.4, 0.5) is 0 Å². The minimum atomic E-state index is 0. The van der Waals surface area contributed by atoms with E-state index in [1.807, 2.05) is 0 Å². The second-order valence-corrected chi connectivity index (χ2v) is 5.81. The van der Waals surface area contributed by atoms with Gasteiger partial charge in [-0.3, -0.25) is 0 Å². The van der Waals surface area contributed by atoms with E-state index in [2.05, 4.69) is 89.3 Å². The maximum absolute atomic E-state index is 7.50. The minimum absolute atomic E-state index is 0. The number of benzene rings is 1. The van der Waals surface area contributed by atoms with Crippen molar-refractivity contribution in [2.24, 2.45) is 0 Å². The molecule has 2 rings (SSSR count). The average molecular weight is 540 g/mol. The molecular weight excluding hydrogens is 523 g/mol. The van der Waals surface area contributed by atoms with E-state index in [0.29, 0.717) is 0 Å². The summed E-state index contributed by atoms with van der Waals surface area (Å²) in [5, 5.41) is 3.44. The SMILES string of the molecule is CCC1=C(CC)P1/C=C/c1ccccc1.[C-]#[O+].[C-]#[O+].[C-]#[O+].[C-]#[O+].[C-]#[O+].[W]. The average Bonchev–Trinajstić information content (AvgIpc) is 3.46. The van der Waals surface area contributed by atoms with Crippen LogP contribution in [-0.2, 0) is 44.3 Å². The maximum Gasteiger partial charge on any atom is 0 e. The summed E-state index contributed by atoms with van der Waals surface area (Å²) in [5.74, 6) is 2.41. The maximum atomic E-state index is 7.50. The Kier molecular flexibility index (Phi) is 42.9. The van der Waals surface area contributed by atoms with Gasteiger partial charge in [0, 0.05) is 21.1 Å². The summed E-state index contributed by atoms with van der Waals surface area (Å²) in [5.41, 5.74) is 1.32. The first-order valence-corrected chi connectivity index (χ1v) is 8.04. The molecule has 0 aromatic heterocycles. The fourth-order valence-corrected chi connectivity index (χ4v) is 4.27. The summed E-state index contributed by atoms with van der Waals surface area (Å²) in [6, 6.07) is 10.6. The molecule has 7 heteroatoms. The van der Waals surface area contributed by atoms with Crippen molar-refractivity contribution in [1.82, 2.24) is 0 Å². The summed E-state index contributed by atoms with van der Waals surface area (Å²) in [6.07, 6.45) is 4.76. The van der Waals surface area contributed by atoms with Gasteiger partial charge in [-0.05, 0) is 37.0 Å². The van der Waals surface area contributed by atoms with Crippen LogP contribution < -0.4 is 0 Å². The first-order valence-electron chi connectivity index (χ1n) is 6.63. The standard InChI is InChI=1S/C14H17P.5CO.W/c1-3-13-14(4-2)15(13)11-10-12-8-6-5-7-9-12;5*1-2;/h5-11H,3-4H2,1-2H3;;;;;;/b11-10+;;;;;;. The molecular formula is C19H17O5PW. The molecule has 1 heterocycles. The Morgan fingerprint density at radius 2 is 1.08 bits per heavy atom. The Morgan fingerprint density at radius 1 is 0.731 bits per heavy atom. The molecule has 0 saturated carbocycles. The second-order valence-electron chi connectivity index (χ2n) is 3.70. The van der Waals surface area contributed by atoms with Gasteiger partial charge in [0.1, 0.15) is 0 Å². The molecule has 1 aliphatic rings. The van der Waals surface area contributed by atoms with Crippen molar-refractivity contribution in [1.29, 1.82) is 0 Å². The third-order valence-electron chi connectivity index (χ3n) is 2.75. The van der Waals surface area contributed by atoms with Crippen molar-refractivity contribution < 1.29 is 44.3 Å². The second kappa shape index (κ2) is 31.3. The van der Waals surface area contributed by atoms with Gasteiger partial charge in [0.15, 0.2) is 0 Å². The van der Waals surface area contributed by atoms with Crippen molar-refractivity contribution in [2.45, 2.75) is 26.7 Å².